The molecular weight excluding hydrogens is 448 g/mol. The van der Waals surface area contributed by atoms with E-state index in [1.807, 2.05) is 28.9 Å². The normalized spacial score (nSPS) is 16.3. The lowest BCUT2D eigenvalue weighted by molar-refractivity contribution is -0.117. The van der Waals surface area contributed by atoms with Crippen LogP contribution in [0.4, 0.5) is 11.5 Å². The van der Waals surface area contributed by atoms with E-state index < -0.39 is 0 Å². The van der Waals surface area contributed by atoms with E-state index in [9.17, 15) is 9.59 Å². The predicted molar refractivity (Wildman–Crippen MR) is 132 cm³/mol. The SMILES string of the molecule is CC(=O)N(c1cccnc1C)C1CCN(c2cc(C(=O)N3CCc4sccc4C3)ncn2)CC1. The molecule has 9 heteroatoms. The first-order valence-electron chi connectivity index (χ1n) is 11.6. The molecule has 2 aliphatic rings. The van der Waals surface area contributed by atoms with Crippen LogP contribution in [0.3, 0.4) is 0 Å². The molecule has 0 atom stereocenters. The molecule has 0 saturated carbocycles. The molecular formula is C25H28N6O2S. The Labute approximate surface area is 203 Å². The van der Waals surface area contributed by atoms with Crippen molar-refractivity contribution in [3.63, 3.8) is 0 Å². The van der Waals surface area contributed by atoms with Crippen molar-refractivity contribution in [3.05, 3.63) is 64.0 Å². The average Bonchev–Trinajstić information content (AvgIpc) is 3.33. The van der Waals surface area contributed by atoms with Gasteiger partial charge in [0.2, 0.25) is 5.91 Å². The zero-order valence-corrected chi connectivity index (χ0v) is 20.3. The van der Waals surface area contributed by atoms with Gasteiger partial charge < -0.3 is 14.7 Å². The second-order valence-corrected chi connectivity index (χ2v) is 9.82. The van der Waals surface area contributed by atoms with Gasteiger partial charge in [-0.25, -0.2) is 9.97 Å². The largest absolute Gasteiger partial charge is 0.356 e. The van der Waals surface area contributed by atoms with E-state index in [2.05, 4.69) is 31.3 Å². The highest BCUT2D eigenvalue weighted by Crippen LogP contribution is 2.28. The van der Waals surface area contributed by atoms with E-state index in [1.165, 1.54) is 16.8 Å². The molecule has 5 heterocycles. The lowest BCUT2D eigenvalue weighted by Crippen LogP contribution is -2.47. The number of anilines is 2. The Hall–Kier alpha value is -3.33. The van der Waals surface area contributed by atoms with Gasteiger partial charge >= 0.3 is 0 Å². The maximum atomic E-state index is 13.1. The zero-order chi connectivity index (χ0) is 23.7. The molecule has 0 aromatic carbocycles. The third kappa shape index (κ3) is 4.40. The number of piperidine rings is 1. The second-order valence-electron chi connectivity index (χ2n) is 8.82. The van der Waals surface area contributed by atoms with Crippen molar-refractivity contribution in [2.45, 2.75) is 45.7 Å². The highest BCUT2D eigenvalue weighted by Gasteiger charge is 2.30. The van der Waals surface area contributed by atoms with Gasteiger partial charge in [-0.3, -0.25) is 14.6 Å². The van der Waals surface area contributed by atoms with Crippen LogP contribution in [-0.4, -0.2) is 57.3 Å². The predicted octanol–water partition coefficient (Wildman–Crippen LogP) is 3.46. The van der Waals surface area contributed by atoms with Crippen molar-refractivity contribution in [2.75, 3.05) is 29.4 Å². The summed E-state index contributed by atoms with van der Waals surface area (Å²) in [6.07, 6.45) is 5.75. The molecule has 1 saturated heterocycles. The first-order chi connectivity index (χ1) is 16.5. The second kappa shape index (κ2) is 9.50. The van der Waals surface area contributed by atoms with E-state index in [-0.39, 0.29) is 17.9 Å². The van der Waals surface area contributed by atoms with Gasteiger partial charge in [-0.1, -0.05) is 0 Å². The molecule has 5 rings (SSSR count). The fourth-order valence-electron chi connectivity index (χ4n) is 4.93. The summed E-state index contributed by atoms with van der Waals surface area (Å²) >= 11 is 1.76. The molecule has 8 nitrogen and oxygen atoms in total. The van der Waals surface area contributed by atoms with E-state index in [0.717, 1.165) is 49.6 Å². The lowest BCUT2D eigenvalue weighted by atomic mass is 10.0. The number of carbonyl (C=O) groups is 2. The van der Waals surface area contributed by atoms with Gasteiger partial charge in [0.15, 0.2) is 0 Å². The van der Waals surface area contributed by atoms with Crippen LogP contribution in [0.25, 0.3) is 0 Å². The number of rotatable bonds is 4. The van der Waals surface area contributed by atoms with Crippen LogP contribution in [0, 0.1) is 6.92 Å². The molecule has 0 N–H and O–H groups in total. The molecule has 3 aromatic heterocycles. The lowest BCUT2D eigenvalue weighted by Gasteiger charge is -2.39. The summed E-state index contributed by atoms with van der Waals surface area (Å²) in [6.45, 7) is 6.39. The highest BCUT2D eigenvalue weighted by molar-refractivity contribution is 7.10. The number of amides is 2. The van der Waals surface area contributed by atoms with Crippen LogP contribution in [0.2, 0.25) is 0 Å². The van der Waals surface area contributed by atoms with Gasteiger partial charge in [-0.2, -0.15) is 0 Å². The van der Waals surface area contributed by atoms with Gasteiger partial charge in [0.1, 0.15) is 17.8 Å². The molecule has 3 aromatic rings. The summed E-state index contributed by atoms with van der Waals surface area (Å²) < 4.78 is 0. The van der Waals surface area contributed by atoms with Crippen LogP contribution in [0.5, 0.6) is 0 Å². The molecule has 0 bridgehead atoms. The van der Waals surface area contributed by atoms with Crippen LogP contribution in [0.1, 0.15) is 46.4 Å². The molecule has 1 fully saturated rings. The number of thiophene rings is 1. The molecule has 176 valence electrons. The Balaban J connectivity index is 1.27. The standard InChI is InChI=1S/C25H28N6O2S/c1-17-22(4-3-9-26-17)31(18(2)32)20-5-10-29(11-6-20)24-14-21(27-16-28-24)25(33)30-12-7-23-19(15-30)8-13-34-23/h3-4,8-9,13-14,16,20H,5-7,10-12,15H2,1-2H3. The fourth-order valence-corrected chi connectivity index (χ4v) is 5.82. The number of nitrogens with zero attached hydrogens (tertiary/aromatic N) is 6. The Morgan fingerprint density at radius 2 is 1.94 bits per heavy atom. The minimum absolute atomic E-state index is 0.0276. The number of hydrogen-bond acceptors (Lipinski definition) is 7. The summed E-state index contributed by atoms with van der Waals surface area (Å²) in [4.78, 5) is 46.0. The third-order valence-electron chi connectivity index (χ3n) is 6.70. The number of pyridine rings is 1. The summed E-state index contributed by atoms with van der Waals surface area (Å²) in [6, 6.07) is 7.84. The number of fused-ring (bicyclic) bond motifs is 1. The van der Waals surface area contributed by atoms with E-state index in [1.54, 1.807) is 30.5 Å². The van der Waals surface area contributed by atoms with Crippen LogP contribution < -0.4 is 9.80 Å². The number of carbonyl (C=O) groups excluding carboxylic acids is 2. The van der Waals surface area contributed by atoms with Crippen LogP contribution in [0.15, 0.2) is 42.2 Å². The van der Waals surface area contributed by atoms with Gasteiger partial charge in [-0.05, 0) is 55.3 Å². The van der Waals surface area contributed by atoms with Crippen molar-refractivity contribution >= 4 is 34.7 Å². The third-order valence-corrected chi connectivity index (χ3v) is 7.72. The van der Waals surface area contributed by atoms with E-state index in [4.69, 9.17) is 0 Å². The highest BCUT2D eigenvalue weighted by atomic mass is 32.1. The van der Waals surface area contributed by atoms with Crippen molar-refractivity contribution < 1.29 is 9.59 Å². The van der Waals surface area contributed by atoms with Gasteiger partial charge in [0.05, 0.1) is 11.4 Å². The van der Waals surface area contributed by atoms with Gasteiger partial charge in [0.25, 0.3) is 5.91 Å². The Kier molecular flexibility index (Phi) is 6.28. The summed E-state index contributed by atoms with van der Waals surface area (Å²) in [5.74, 6) is 0.738. The molecule has 0 radical (unpaired) electrons. The monoisotopic (exact) mass is 476 g/mol. The van der Waals surface area contributed by atoms with Gasteiger partial charge in [-0.15, -0.1) is 11.3 Å². The minimum atomic E-state index is -0.0507. The smallest absolute Gasteiger partial charge is 0.272 e. The van der Waals surface area contributed by atoms with Crippen molar-refractivity contribution in [3.8, 4) is 0 Å². The van der Waals surface area contributed by atoms with Crippen LogP contribution >= 0.6 is 11.3 Å². The molecule has 2 aliphatic heterocycles. The molecule has 0 aliphatic carbocycles. The first-order valence-corrected chi connectivity index (χ1v) is 12.5. The summed E-state index contributed by atoms with van der Waals surface area (Å²) in [5, 5.41) is 2.09. The van der Waals surface area contributed by atoms with Crippen molar-refractivity contribution in [2.24, 2.45) is 0 Å². The molecule has 0 unspecified atom stereocenters. The number of hydrogen-bond donors (Lipinski definition) is 0. The Morgan fingerprint density at radius 3 is 2.71 bits per heavy atom. The molecule has 2 amide bonds. The maximum Gasteiger partial charge on any atom is 0.272 e. The molecule has 34 heavy (non-hydrogen) atoms. The first kappa shape index (κ1) is 22.5. The zero-order valence-electron chi connectivity index (χ0n) is 19.5. The summed E-state index contributed by atoms with van der Waals surface area (Å²) in [7, 11) is 0. The number of aryl methyl sites for hydroxylation is 1. The van der Waals surface area contributed by atoms with E-state index in [0.29, 0.717) is 18.8 Å². The van der Waals surface area contributed by atoms with Gasteiger partial charge in [0, 0.05) is 56.3 Å². The Morgan fingerprint density at radius 1 is 1.12 bits per heavy atom. The number of aromatic nitrogens is 3. The average molecular weight is 477 g/mol. The topological polar surface area (TPSA) is 82.5 Å². The minimum Gasteiger partial charge on any atom is -0.356 e. The maximum absolute atomic E-state index is 13.1. The van der Waals surface area contributed by atoms with Crippen LogP contribution in [-0.2, 0) is 17.8 Å². The Bertz CT molecular complexity index is 1200. The van der Waals surface area contributed by atoms with Crippen molar-refractivity contribution in [1.29, 1.82) is 0 Å². The quantitative estimate of drug-likeness (QED) is 0.574. The summed E-state index contributed by atoms with van der Waals surface area (Å²) in [5.41, 5.74) is 3.40. The van der Waals surface area contributed by atoms with E-state index >= 15 is 0 Å². The molecule has 0 spiro atoms. The fraction of sp³-hybridized carbons (Fsp3) is 0.400. The van der Waals surface area contributed by atoms with Crippen molar-refractivity contribution in [1.82, 2.24) is 19.9 Å².